The first-order valence-corrected chi connectivity index (χ1v) is 6.10. The summed E-state index contributed by atoms with van der Waals surface area (Å²) < 4.78 is 1.99. The van der Waals surface area contributed by atoms with Crippen molar-refractivity contribution in [2.24, 2.45) is 0 Å². The van der Waals surface area contributed by atoms with Gasteiger partial charge in [0.25, 0.3) is 0 Å². The van der Waals surface area contributed by atoms with Gasteiger partial charge >= 0.3 is 0 Å². The molecule has 1 nitrogen and oxygen atoms in total. The van der Waals surface area contributed by atoms with E-state index in [0.29, 0.717) is 0 Å². The van der Waals surface area contributed by atoms with E-state index < -0.39 is 0 Å². The smallest absolute Gasteiger partial charge is 0.159 e. The van der Waals surface area contributed by atoms with Gasteiger partial charge in [0.05, 0.1) is 5.69 Å². The van der Waals surface area contributed by atoms with Crippen molar-refractivity contribution in [3.05, 3.63) is 38.0 Å². The van der Waals surface area contributed by atoms with Crippen molar-refractivity contribution in [3.8, 4) is 11.3 Å². The molecule has 0 spiro atoms. The van der Waals surface area contributed by atoms with Crippen LogP contribution in [0.1, 0.15) is 0 Å². The highest BCUT2D eigenvalue weighted by atomic mass is 79.9. The molecule has 0 N–H and O–H groups in total. The molecule has 0 saturated heterocycles. The molecule has 0 amide bonds. The van der Waals surface area contributed by atoms with Gasteiger partial charge in [0.1, 0.15) is 0 Å². The van der Waals surface area contributed by atoms with E-state index in [4.69, 9.17) is 0 Å². The van der Waals surface area contributed by atoms with Gasteiger partial charge in [-0.1, -0.05) is 34.1 Å². The summed E-state index contributed by atoms with van der Waals surface area (Å²) in [5.41, 5.74) is 2.13. The van der Waals surface area contributed by atoms with Crippen molar-refractivity contribution >= 4 is 43.2 Å². The van der Waals surface area contributed by atoms with E-state index in [1.807, 2.05) is 29.6 Å². The minimum Gasteiger partial charge on any atom is -0.229 e. The summed E-state index contributed by atoms with van der Waals surface area (Å²) in [6.45, 7) is 0. The van der Waals surface area contributed by atoms with Crippen LogP contribution in [0.15, 0.2) is 38.0 Å². The van der Waals surface area contributed by atoms with Gasteiger partial charge in [-0.3, -0.25) is 0 Å². The molecule has 2 aromatic rings. The molecular formula is C9H5Br2NS. The Kier molecular flexibility index (Phi) is 2.81. The lowest BCUT2D eigenvalue weighted by atomic mass is 10.2. The van der Waals surface area contributed by atoms with Crippen LogP contribution in [0.2, 0.25) is 0 Å². The standard InChI is InChI=1S/C9H5Br2NS/c10-7-4-2-1-3-6(7)8-5-13-9(11)12-8/h1-5H. The van der Waals surface area contributed by atoms with Crippen molar-refractivity contribution in [2.45, 2.75) is 0 Å². The van der Waals surface area contributed by atoms with Gasteiger partial charge in [-0.15, -0.1) is 11.3 Å². The Balaban J connectivity index is 2.52. The topological polar surface area (TPSA) is 12.9 Å². The lowest BCUT2D eigenvalue weighted by Gasteiger charge is -1.98. The summed E-state index contributed by atoms with van der Waals surface area (Å²) in [6, 6.07) is 8.07. The maximum atomic E-state index is 4.35. The van der Waals surface area contributed by atoms with Crippen molar-refractivity contribution in [1.29, 1.82) is 0 Å². The number of benzene rings is 1. The minimum atomic E-state index is 0.915. The van der Waals surface area contributed by atoms with Gasteiger partial charge < -0.3 is 0 Å². The van der Waals surface area contributed by atoms with Crippen LogP contribution in [0.3, 0.4) is 0 Å². The summed E-state index contributed by atoms with van der Waals surface area (Å²) in [5.74, 6) is 0. The van der Waals surface area contributed by atoms with Gasteiger partial charge in [-0.05, 0) is 22.0 Å². The number of rotatable bonds is 1. The predicted molar refractivity (Wildman–Crippen MR) is 63.0 cm³/mol. The van der Waals surface area contributed by atoms with Crippen molar-refractivity contribution in [2.75, 3.05) is 0 Å². The van der Waals surface area contributed by atoms with Crippen LogP contribution in [0.25, 0.3) is 11.3 Å². The Morgan fingerprint density at radius 2 is 1.92 bits per heavy atom. The zero-order chi connectivity index (χ0) is 9.26. The van der Waals surface area contributed by atoms with Gasteiger partial charge in [-0.25, -0.2) is 4.98 Å². The van der Waals surface area contributed by atoms with Gasteiger partial charge in [0.2, 0.25) is 0 Å². The third-order valence-electron chi connectivity index (χ3n) is 1.63. The summed E-state index contributed by atoms with van der Waals surface area (Å²) in [6.07, 6.45) is 0. The van der Waals surface area contributed by atoms with Crippen molar-refractivity contribution in [3.63, 3.8) is 0 Å². The molecular weight excluding hydrogens is 314 g/mol. The normalized spacial score (nSPS) is 10.3. The Labute approximate surface area is 97.1 Å². The van der Waals surface area contributed by atoms with Crippen LogP contribution >= 0.6 is 43.2 Å². The molecule has 0 fully saturated rings. The van der Waals surface area contributed by atoms with E-state index in [9.17, 15) is 0 Å². The van der Waals surface area contributed by atoms with Crippen molar-refractivity contribution < 1.29 is 0 Å². The fraction of sp³-hybridized carbons (Fsp3) is 0. The SMILES string of the molecule is Brc1nc(-c2ccccc2Br)cs1. The second-order valence-corrected chi connectivity index (χ2v) is 5.45. The monoisotopic (exact) mass is 317 g/mol. The molecule has 13 heavy (non-hydrogen) atoms. The molecule has 66 valence electrons. The number of hydrogen-bond acceptors (Lipinski definition) is 2. The van der Waals surface area contributed by atoms with E-state index in [1.54, 1.807) is 11.3 Å². The van der Waals surface area contributed by atoms with Crippen LogP contribution in [-0.2, 0) is 0 Å². The first-order valence-electron chi connectivity index (χ1n) is 3.63. The highest BCUT2D eigenvalue weighted by molar-refractivity contribution is 9.11. The summed E-state index contributed by atoms with van der Waals surface area (Å²) in [7, 11) is 0. The number of halogens is 2. The molecule has 1 heterocycles. The second kappa shape index (κ2) is 3.90. The average Bonchev–Trinajstić information content (AvgIpc) is 2.53. The molecule has 2 rings (SSSR count). The van der Waals surface area contributed by atoms with Crippen LogP contribution < -0.4 is 0 Å². The largest absolute Gasteiger partial charge is 0.229 e. The van der Waals surface area contributed by atoms with Crippen LogP contribution in [0.4, 0.5) is 0 Å². The molecule has 0 bridgehead atoms. The molecule has 0 aliphatic rings. The number of hydrogen-bond donors (Lipinski definition) is 0. The third-order valence-corrected chi connectivity index (χ3v) is 3.68. The summed E-state index contributed by atoms with van der Waals surface area (Å²) >= 11 is 8.43. The molecule has 1 aromatic heterocycles. The lowest BCUT2D eigenvalue weighted by molar-refractivity contribution is 1.37. The molecule has 0 unspecified atom stereocenters. The average molecular weight is 319 g/mol. The molecule has 0 aliphatic carbocycles. The maximum absolute atomic E-state index is 4.35. The fourth-order valence-corrected chi connectivity index (χ4v) is 2.54. The van der Waals surface area contributed by atoms with Gasteiger partial charge in [-0.2, -0.15) is 0 Å². The van der Waals surface area contributed by atoms with E-state index in [1.165, 1.54) is 0 Å². The molecule has 0 saturated carbocycles. The summed E-state index contributed by atoms with van der Waals surface area (Å²) in [4.78, 5) is 4.35. The third kappa shape index (κ3) is 2.00. The van der Waals surface area contributed by atoms with Crippen LogP contribution in [0.5, 0.6) is 0 Å². The van der Waals surface area contributed by atoms with E-state index in [2.05, 4.69) is 36.8 Å². The first-order chi connectivity index (χ1) is 6.27. The Morgan fingerprint density at radius 3 is 2.54 bits per heavy atom. The quantitative estimate of drug-likeness (QED) is 0.762. The Hall–Kier alpha value is -0.190. The molecule has 0 radical (unpaired) electrons. The highest BCUT2D eigenvalue weighted by Gasteiger charge is 2.05. The number of nitrogens with zero attached hydrogens (tertiary/aromatic N) is 1. The lowest BCUT2D eigenvalue weighted by Crippen LogP contribution is -1.78. The van der Waals surface area contributed by atoms with Crippen molar-refractivity contribution in [1.82, 2.24) is 4.98 Å². The first kappa shape index (κ1) is 9.37. The Morgan fingerprint density at radius 1 is 1.15 bits per heavy atom. The number of aromatic nitrogens is 1. The summed E-state index contributed by atoms with van der Waals surface area (Å²) in [5, 5.41) is 2.03. The van der Waals surface area contributed by atoms with E-state index in [0.717, 1.165) is 19.6 Å². The van der Waals surface area contributed by atoms with Gasteiger partial charge in [0, 0.05) is 15.4 Å². The molecule has 0 atom stereocenters. The predicted octanol–water partition coefficient (Wildman–Crippen LogP) is 4.34. The zero-order valence-electron chi connectivity index (χ0n) is 6.50. The minimum absolute atomic E-state index is 0.915. The zero-order valence-corrected chi connectivity index (χ0v) is 10.5. The molecule has 1 aromatic carbocycles. The van der Waals surface area contributed by atoms with E-state index >= 15 is 0 Å². The van der Waals surface area contributed by atoms with E-state index in [-0.39, 0.29) is 0 Å². The second-order valence-electron chi connectivity index (χ2n) is 2.47. The van der Waals surface area contributed by atoms with Crippen LogP contribution in [-0.4, -0.2) is 4.98 Å². The fourth-order valence-electron chi connectivity index (χ4n) is 1.04. The highest BCUT2D eigenvalue weighted by Crippen LogP contribution is 2.30. The molecule has 4 heteroatoms. The van der Waals surface area contributed by atoms with Crippen LogP contribution in [0, 0.1) is 0 Å². The number of thiazole rings is 1. The maximum Gasteiger partial charge on any atom is 0.159 e. The Bertz CT molecular complexity index is 425. The molecule has 0 aliphatic heterocycles. The van der Waals surface area contributed by atoms with Gasteiger partial charge in [0.15, 0.2) is 3.92 Å².